The van der Waals surface area contributed by atoms with Gasteiger partial charge in [0, 0.05) is 11.1 Å². The van der Waals surface area contributed by atoms with E-state index in [1.54, 1.807) is 0 Å². The minimum absolute atomic E-state index is 0.141. The number of aliphatic hydroxyl groups excluding tert-OH is 4. The van der Waals surface area contributed by atoms with Gasteiger partial charge in [-0.3, -0.25) is 0 Å². The number of aliphatic hydroxyl groups is 4. The quantitative estimate of drug-likeness (QED) is 0.241. The number of carbonyl (C=O) groups is 2. The summed E-state index contributed by atoms with van der Waals surface area (Å²) < 4.78 is 32.7. The normalized spacial score (nSPS) is 40.7. The van der Waals surface area contributed by atoms with E-state index in [-0.39, 0.29) is 17.8 Å². The first-order chi connectivity index (χ1) is 15.0. The van der Waals surface area contributed by atoms with Crippen molar-refractivity contribution in [2.24, 2.45) is 0 Å². The molecule has 0 aromatic rings. The van der Waals surface area contributed by atoms with Gasteiger partial charge in [-0.05, 0) is 13.8 Å². The van der Waals surface area contributed by atoms with Crippen LogP contribution < -0.4 is 0 Å². The summed E-state index contributed by atoms with van der Waals surface area (Å²) in [6.07, 6.45) is -8.25. The third-order valence-electron chi connectivity index (χ3n) is 5.50. The summed E-state index contributed by atoms with van der Waals surface area (Å²) in [5.74, 6) is -5.15. The van der Waals surface area contributed by atoms with Gasteiger partial charge in [-0.15, -0.1) is 0 Å². The maximum absolute atomic E-state index is 11.6. The third kappa shape index (κ3) is 4.32. The Morgan fingerprint density at radius 3 is 1.97 bits per heavy atom. The number of hydrogen-bond acceptors (Lipinski definition) is 12. The Hall–Kier alpha value is -1.90. The number of ether oxygens (including phenoxy) is 6. The number of hydrogen-bond donors (Lipinski definition) is 4. The molecular formula is C20H28O12. The summed E-state index contributed by atoms with van der Waals surface area (Å²) in [6, 6.07) is 0. The molecule has 32 heavy (non-hydrogen) atoms. The second-order valence-corrected chi connectivity index (χ2v) is 8.11. The first kappa shape index (κ1) is 24.7. The summed E-state index contributed by atoms with van der Waals surface area (Å²) in [6.45, 7) is 7.81. The van der Waals surface area contributed by atoms with E-state index in [1.165, 1.54) is 13.8 Å². The molecule has 3 heterocycles. The van der Waals surface area contributed by atoms with Crippen LogP contribution >= 0.6 is 0 Å². The zero-order chi connectivity index (χ0) is 23.8. The molecule has 8 atom stereocenters. The number of rotatable bonds is 7. The average molecular weight is 460 g/mol. The van der Waals surface area contributed by atoms with Gasteiger partial charge in [-0.25, -0.2) is 9.59 Å². The second kappa shape index (κ2) is 9.15. The van der Waals surface area contributed by atoms with E-state index in [0.717, 1.165) is 0 Å². The highest BCUT2D eigenvalue weighted by atomic mass is 16.8. The lowest BCUT2D eigenvalue weighted by Crippen LogP contribution is -2.65. The SMILES string of the molecule is C=C(C)C(=O)OC[C@@H]1O[C@@]2(CO)OC[C@]3(O[C@@H]2[C@H]1O)O[C@H](COC(=O)C(=C)C)[C@@H](O)[C@@H]3O. The molecule has 12 nitrogen and oxygen atoms in total. The highest BCUT2D eigenvalue weighted by Crippen LogP contribution is 2.46. The van der Waals surface area contributed by atoms with Gasteiger partial charge in [0.25, 0.3) is 0 Å². The average Bonchev–Trinajstić information content (AvgIpc) is 3.17. The van der Waals surface area contributed by atoms with Crippen LogP contribution in [0.25, 0.3) is 0 Å². The predicted molar refractivity (Wildman–Crippen MR) is 103 cm³/mol. The van der Waals surface area contributed by atoms with Crippen molar-refractivity contribution in [2.45, 2.75) is 62.0 Å². The minimum atomic E-state index is -1.93. The van der Waals surface area contributed by atoms with Gasteiger partial charge < -0.3 is 48.8 Å². The lowest BCUT2D eigenvalue weighted by atomic mass is 9.99. The minimum Gasteiger partial charge on any atom is -0.459 e. The molecule has 3 saturated heterocycles. The molecule has 0 aromatic carbocycles. The van der Waals surface area contributed by atoms with Gasteiger partial charge in [-0.2, -0.15) is 0 Å². The molecule has 12 heteroatoms. The van der Waals surface area contributed by atoms with Gasteiger partial charge in [0.2, 0.25) is 11.6 Å². The molecular weight excluding hydrogens is 432 g/mol. The van der Waals surface area contributed by atoms with Crippen molar-refractivity contribution in [3.63, 3.8) is 0 Å². The first-order valence-electron chi connectivity index (χ1n) is 9.94. The Morgan fingerprint density at radius 1 is 0.938 bits per heavy atom. The van der Waals surface area contributed by atoms with Crippen LogP contribution in [0.2, 0.25) is 0 Å². The van der Waals surface area contributed by atoms with Crippen LogP contribution in [0.5, 0.6) is 0 Å². The van der Waals surface area contributed by atoms with Gasteiger partial charge in [0.1, 0.15) is 63.1 Å². The highest BCUT2D eigenvalue weighted by molar-refractivity contribution is 5.87. The van der Waals surface area contributed by atoms with Crippen LogP contribution in [0.1, 0.15) is 13.8 Å². The molecule has 1 spiro atoms. The van der Waals surface area contributed by atoms with Crippen molar-refractivity contribution in [1.29, 1.82) is 0 Å². The predicted octanol–water partition coefficient (Wildman–Crippen LogP) is -2.09. The van der Waals surface area contributed by atoms with E-state index in [0.29, 0.717) is 0 Å². The zero-order valence-electron chi connectivity index (χ0n) is 17.8. The van der Waals surface area contributed by atoms with E-state index in [9.17, 15) is 30.0 Å². The molecule has 0 aromatic heterocycles. The first-order valence-corrected chi connectivity index (χ1v) is 9.94. The second-order valence-electron chi connectivity index (χ2n) is 8.11. The van der Waals surface area contributed by atoms with Crippen molar-refractivity contribution < 1.29 is 58.4 Å². The molecule has 0 aliphatic carbocycles. The van der Waals surface area contributed by atoms with E-state index in [2.05, 4.69) is 13.2 Å². The number of esters is 2. The molecule has 4 N–H and O–H groups in total. The smallest absolute Gasteiger partial charge is 0.333 e. The van der Waals surface area contributed by atoms with Crippen LogP contribution in [0.3, 0.4) is 0 Å². The molecule has 3 rings (SSSR count). The van der Waals surface area contributed by atoms with Crippen molar-refractivity contribution in [2.75, 3.05) is 26.4 Å². The lowest BCUT2D eigenvalue weighted by molar-refractivity contribution is -0.411. The fourth-order valence-corrected chi connectivity index (χ4v) is 3.67. The van der Waals surface area contributed by atoms with Crippen LogP contribution in [0.4, 0.5) is 0 Å². The van der Waals surface area contributed by atoms with E-state index in [1.807, 2.05) is 0 Å². The molecule has 0 bridgehead atoms. The molecule has 3 aliphatic rings. The summed E-state index contributed by atoms with van der Waals surface area (Å²) >= 11 is 0. The van der Waals surface area contributed by atoms with Crippen LogP contribution in [0.15, 0.2) is 24.3 Å². The van der Waals surface area contributed by atoms with Gasteiger partial charge >= 0.3 is 11.9 Å². The summed E-state index contributed by atoms with van der Waals surface area (Å²) in [5.41, 5.74) is 0.287. The molecule has 3 aliphatic heterocycles. The topological polar surface area (TPSA) is 170 Å². The third-order valence-corrected chi connectivity index (χ3v) is 5.50. The highest BCUT2D eigenvalue weighted by Gasteiger charge is 2.68. The zero-order valence-corrected chi connectivity index (χ0v) is 17.8. The summed E-state index contributed by atoms with van der Waals surface area (Å²) in [7, 11) is 0. The largest absolute Gasteiger partial charge is 0.459 e. The van der Waals surface area contributed by atoms with Crippen molar-refractivity contribution in [3.05, 3.63) is 24.3 Å². The van der Waals surface area contributed by atoms with E-state index >= 15 is 0 Å². The van der Waals surface area contributed by atoms with Gasteiger partial charge in [0.05, 0.1) is 0 Å². The molecule has 0 radical (unpaired) electrons. The fourth-order valence-electron chi connectivity index (χ4n) is 3.67. The summed E-state index contributed by atoms with van der Waals surface area (Å²) in [5, 5.41) is 41.5. The Bertz CT molecular complexity index is 783. The van der Waals surface area contributed by atoms with Crippen LogP contribution in [-0.2, 0) is 38.0 Å². The standard InChI is InChI=1S/C20H28O12/c1-9(2)17(25)27-5-11-13(22)15(24)20(31-11)8-29-19(7-21)16(32-20)14(23)12(30-19)6-28-18(26)10(3)4/h11-16,21-24H,1,3,5-8H2,2,4H3/t11-,12+,13-,14+,15+,16-,19-,20-/m1/s1. The van der Waals surface area contributed by atoms with Crippen LogP contribution in [-0.4, -0.2) is 107 Å². The van der Waals surface area contributed by atoms with E-state index in [4.69, 9.17) is 28.4 Å². The monoisotopic (exact) mass is 460 g/mol. The maximum Gasteiger partial charge on any atom is 0.333 e. The summed E-state index contributed by atoms with van der Waals surface area (Å²) in [4.78, 5) is 23.3. The molecule has 180 valence electrons. The Morgan fingerprint density at radius 2 is 1.47 bits per heavy atom. The van der Waals surface area contributed by atoms with Crippen molar-refractivity contribution >= 4 is 11.9 Å². The number of fused-ring (bicyclic) bond motifs is 1. The molecule has 0 amide bonds. The Balaban J connectivity index is 1.72. The van der Waals surface area contributed by atoms with Crippen molar-refractivity contribution in [3.8, 4) is 0 Å². The van der Waals surface area contributed by atoms with Crippen LogP contribution in [0, 0.1) is 0 Å². The van der Waals surface area contributed by atoms with Gasteiger partial charge in [-0.1, -0.05) is 13.2 Å². The van der Waals surface area contributed by atoms with Gasteiger partial charge in [0.15, 0.2) is 0 Å². The molecule has 0 saturated carbocycles. The number of carbonyl (C=O) groups excluding carboxylic acids is 2. The Labute approximate surface area is 183 Å². The molecule has 3 fully saturated rings. The fraction of sp³-hybridized carbons (Fsp3) is 0.700. The maximum atomic E-state index is 11.6. The van der Waals surface area contributed by atoms with Crippen molar-refractivity contribution in [1.82, 2.24) is 0 Å². The van der Waals surface area contributed by atoms with E-state index < -0.39 is 80.0 Å². The lowest BCUT2D eigenvalue weighted by Gasteiger charge is -2.46. The molecule has 0 unspecified atom stereocenters. The Kier molecular flexibility index (Phi) is 7.08.